The van der Waals surface area contributed by atoms with Crippen LogP contribution >= 0.6 is 0 Å². The molecule has 1 unspecified atom stereocenters. The molecule has 0 aliphatic rings. The maximum Gasteiger partial charge on any atom is 0.243 e. The zero-order chi connectivity index (χ0) is 13.8. The Hall–Kier alpha value is -1.05. The minimum Gasteiger partial charge on any atom is -0.329 e. The van der Waals surface area contributed by atoms with Crippen LogP contribution in [-0.2, 0) is 10.0 Å². The van der Waals surface area contributed by atoms with Crippen molar-refractivity contribution >= 4 is 10.0 Å². The Kier molecular flexibility index (Phi) is 5.18. The summed E-state index contributed by atoms with van der Waals surface area (Å²) >= 11 is 0. The van der Waals surface area contributed by atoms with Gasteiger partial charge in [0.15, 0.2) is 0 Å². The summed E-state index contributed by atoms with van der Waals surface area (Å²) in [4.78, 5) is -0.571. The van der Waals surface area contributed by atoms with E-state index in [0.717, 1.165) is 18.6 Å². The highest BCUT2D eigenvalue weighted by Crippen LogP contribution is 2.16. The molecular weight excluding hydrogens is 262 g/mol. The fraction of sp³-hybridized carbons (Fsp3) is 0.455. The van der Waals surface area contributed by atoms with Crippen molar-refractivity contribution < 1.29 is 17.2 Å². The smallest absolute Gasteiger partial charge is 0.243 e. The quantitative estimate of drug-likeness (QED) is 0.825. The van der Waals surface area contributed by atoms with Gasteiger partial charge in [-0.2, -0.15) is 0 Å². The molecule has 1 atom stereocenters. The van der Waals surface area contributed by atoms with Crippen molar-refractivity contribution in [2.75, 3.05) is 6.54 Å². The number of nitrogens with two attached hydrogens (primary N) is 1. The molecule has 0 aliphatic heterocycles. The molecule has 0 bridgehead atoms. The van der Waals surface area contributed by atoms with E-state index in [1.807, 2.05) is 6.92 Å². The van der Waals surface area contributed by atoms with E-state index in [4.69, 9.17) is 5.73 Å². The third-order valence-electron chi connectivity index (χ3n) is 2.43. The van der Waals surface area contributed by atoms with Crippen LogP contribution in [0.5, 0.6) is 0 Å². The van der Waals surface area contributed by atoms with Gasteiger partial charge in [0, 0.05) is 18.7 Å². The molecule has 3 N–H and O–H groups in total. The predicted octanol–water partition coefficient (Wildman–Crippen LogP) is 1.37. The van der Waals surface area contributed by atoms with Gasteiger partial charge in [0.1, 0.15) is 16.5 Å². The second-order valence-electron chi connectivity index (χ2n) is 3.92. The van der Waals surface area contributed by atoms with Gasteiger partial charge in [-0.15, -0.1) is 0 Å². The number of sulfonamides is 1. The first-order valence-corrected chi connectivity index (χ1v) is 7.06. The van der Waals surface area contributed by atoms with Crippen LogP contribution in [0.25, 0.3) is 0 Å². The largest absolute Gasteiger partial charge is 0.329 e. The average Bonchev–Trinajstić information content (AvgIpc) is 2.27. The third kappa shape index (κ3) is 3.72. The van der Waals surface area contributed by atoms with Gasteiger partial charge in [-0.1, -0.05) is 13.3 Å². The lowest BCUT2D eigenvalue weighted by atomic mass is 10.2. The average molecular weight is 278 g/mol. The van der Waals surface area contributed by atoms with E-state index in [0.29, 0.717) is 12.5 Å². The molecular formula is C11H16F2N2O2S. The first kappa shape index (κ1) is 15.0. The van der Waals surface area contributed by atoms with Crippen molar-refractivity contribution in [2.45, 2.75) is 30.7 Å². The zero-order valence-corrected chi connectivity index (χ0v) is 10.8. The molecule has 0 spiro atoms. The molecule has 4 nitrogen and oxygen atoms in total. The van der Waals surface area contributed by atoms with E-state index in [1.165, 1.54) is 0 Å². The summed E-state index contributed by atoms with van der Waals surface area (Å²) in [6.45, 7) is 2.01. The molecule has 0 saturated carbocycles. The highest BCUT2D eigenvalue weighted by atomic mass is 32.2. The summed E-state index contributed by atoms with van der Waals surface area (Å²) in [5.41, 5.74) is 5.43. The van der Waals surface area contributed by atoms with Gasteiger partial charge in [-0.25, -0.2) is 21.9 Å². The summed E-state index contributed by atoms with van der Waals surface area (Å²) in [6.07, 6.45) is 1.30. The molecule has 0 radical (unpaired) electrons. The summed E-state index contributed by atoms with van der Waals surface area (Å²) in [7, 11) is -4.01. The lowest BCUT2D eigenvalue weighted by Gasteiger charge is -2.16. The van der Waals surface area contributed by atoms with Gasteiger partial charge in [0.05, 0.1) is 0 Å². The van der Waals surface area contributed by atoms with Gasteiger partial charge in [0.25, 0.3) is 0 Å². The molecule has 18 heavy (non-hydrogen) atoms. The number of rotatable bonds is 6. The fourth-order valence-electron chi connectivity index (χ4n) is 1.55. The van der Waals surface area contributed by atoms with Crippen LogP contribution in [0.2, 0.25) is 0 Å². The van der Waals surface area contributed by atoms with E-state index in [-0.39, 0.29) is 6.54 Å². The van der Waals surface area contributed by atoms with Crippen molar-refractivity contribution in [3.8, 4) is 0 Å². The Morgan fingerprint density at radius 3 is 2.56 bits per heavy atom. The Balaban J connectivity index is 2.99. The van der Waals surface area contributed by atoms with E-state index >= 15 is 0 Å². The Bertz CT molecular complexity index is 506. The fourth-order valence-corrected chi connectivity index (χ4v) is 2.89. The number of benzene rings is 1. The third-order valence-corrected chi connectivity index (χ3v) is 3.98. The van der Waals surface area contributed by atoms with Gasteiger partial charge in [-0.3, -0.25) is 0 Å². The minimum atomic E-state index is -4.01. The molecule has 0 amide bonds. The number of hydrogen-bond acceptors (Lipinski definition) is 3. The molecule has 7 heteroatoms. The molecule has 1 rings (SSSR count). The minimum absolute atomic E-state index is 0.121. The van der Waals surface area contributed by atoms with Crippen LogP contribution < -0.4 is 10.5 Å². The highest BCUT2D eigenvalue weighted by molar-refractivity contribution is 7.89. The molecule has 0 heterocycles. The van der Waals surface area contributed by atoms with Crippen LogP contribution in [0.1, 0.15) is 19.8 Å². The van der Waals surface area contributed by atoms with Crippen LogP contribution in [0.15, 0.2) is 23.1 Å². The van der Waals surface area contributed by atoms with E-state index < -0.39 is 32.6 Å². The normalized spacial score (nSPS) is 13.6. The lowest BCUT2D eigenvalue weighted by molar-refractivity contribution is 0.514. The molecule has 102 valence electrons. The zero-order valence-electron chi connectivity index (χ0n) is 9.99. The Morgan fingerprint density at radius 2 is 2.06 bits per heavy atom. The van der Waals surface area contributed by atoms with Crippen molar-refractivity contribution in [3.05, 3.63) is 29.8 Å². The number of nitrogens with one attached hydrogen (secondary N) is 1. The molecule has 0 fully saturated rings. The predicted molar refractivity (Wildman–Crippen MR) is 64.4 cm³/mol. The molecule has 1 aromatic rings. The van der Waals surface area contributed by atoms with Gasteiger partial charge < -0.3 is 5.73 Å². The molecule has 1 aromatic carbocycles. The van der Waals surface area contributed by atoms with E-state index in [9.17, 15) is 17.2 Å². The van der Waals surface area contributed by atoms with Gasteiger partial charge >= 0.3 is 0 Å². The SMILES string of the molecule is CCCC(CN)NS(=O)(=O)c1ccc(F)cc1F. The lowest BCUT2D eigenvalue weighted by Crippen LogP contribution is -2.40. The van der Waals surface area contributed by atoms with Crippen molar-refractivity contribution in [1.29, 1.82) is 0 Å². The summed E-state index contributed by atoms with van der Waals surface area (Å²) in [6, 6.07) is 1.87. The van der Waals surface area contributed by atoms with Crippen LogP contribution in [0, 0.1) is 11.6 Å². The van der Waals surface area contributed by atoms with Crippen LogP contribution in [0.4, 0.5) is 8.78 Å². The number of halogens is 2. The van der Waals surface area contributed by atoms with E-state index in [1.54, 1.807) is 0 Å². The summed E-state index contributed by atoms with van der Waals surface area (Å²) in [5.74, 6) is -1.94. The maximum atomic E-state index is 13.4. The first-order valence-electron chi connectivity index (χ1n) is 5.58. The molecule has 0 saturated heterocycles. The Labute approximate surface area is 105 Å². The highest BCUT2D eigenvalue weighted by Gasteiger charge is 2.22. The molecule has 0 aliphatic carbocycles. The monoisotopic (exact) mass is 278 g/mol. The second-order valence-corrected chi connectivity index (χ2v) is 5.60. The Morgan fingerprint density at radius 1 is 1.39 bits per heavy atom. The standard InChI is InChI=1S/C11H16F2N2O2S/c1-2-3-9(7-14)15-18(16,17)11-5-4-8(12)6-10(11)13/h4-6,9,15H,2-3,7,14H2,1H3. The van der Waals surface area contributed by atoms with Crippen molar-refractivity contribution in [2.24, 2.45) is 5.73 Å². The van der Waals surface area contributed by atoms with Crippen LogP contribution in [0.3, 0.4) is 0 Å². The van der Waals surface area contributed by atoms with E-state index in [2.05, 4.69) is 4.72 Å². The first-order chi connectivity index (χ1) is 8.40. The van der Waals surface area contributed by atoms with Crippen molar-refractivity contribution in [3.63, 3.8) is 0 Å². The van der Waals surface area contributed by atoms with Gasteiger partial charge in [-0.05, 0) is 18.6 Å². The summed E-state index contributed by atoms with van der Waals surface area (Å²) in [5, 5.41) is 0. The van der Waals surface area contributed by atoms with Crippen molar-refractivity contribution in [1.82, 2.24) is 4.72 Å². The summed E-state index contributed by atoms with van der Waals surface area (Å²) < 4.78 is 52.2. The van der Waals surface area contributed by atoms with Gasteiger partial charge in [0.2, 0.25) is 10.0 Å². The number of hydrogen-bond donors (Lipinski definition) is 2. The maximum absolute atomic E-state index is 13.4. The second kappa shape index (κ2) is 6.21. The molecule has 0 aromatic heterocycles. The van der Waals surface area contributed by atoms with Crippen LogP contribution in [-0.4, -0.2) is 21.0 Å². The topological polar surface area (TPSA) is 72.2 Å².